The number of aryl methyl sites for hydroxylation is 1. The van der Waals surface area contributed by atoms with Gasteiger partial charge in [-0.15, -0.1) is 0 Å². The fraction of sp³-hybridized carbons (Fsp3) is 0.667. The van der Waals surface area contributed by atoms with Gasteiger partial charge < -0.3 is 5.32 Å². The van der Waals surface area contributed by atoms with Crippen LogP contribution in [0.2, 0.25) is 0 Å². The lowest BCUT2D eigenvalue weighted by molar-refractivity contribution is 0.177. The summed E-state index contributed by atoms with van der Waals surface area (Å²) in [5, 5.41) is 3.59. The van der Waals surface area contributed by atoms with Gasteiger partial charge >= 0.3 is 0 Å². The zero-order valence-electron chi connectivity index (χ0n) is 13.2. The summed E-state index contributed by atoms with van der Waals surface area (Å²) in [6, 6.07) is 6.02. The van der Waals surface area contributed by atoms with E-state index < -0.39 is 0 Å². The van der Waals surface area contributed by atoms with Crippen molar-refractivity contribution < 1.29 is 4.39 Å². The molecule has 1 aromatic carbocycles. The van der Waals surface area contributed by atoms with Gasteiger partial charge in [0.2, 0.25) is 0 Å². The van der Waals surface area contributed by atoms with Crippen LogP contribution in [-0.2, 0) is 0 Å². The Balaban J connectivity index is 2.23. The van der Waals surface area contributed by atoms with Crippen LogP contribution < -0.4 is 5.32 Å². The molecule has 0 spiro atoms. The maximum Gasteiger partial charge on any atom is 0.126 e. The van der Waals surface area contributed by atoms with E-state index in [9.17, 15) is 4.39 Å². The summed E-state index contributed by atoms with van der Waals surface area (Å²) in [5.41, 5.74) is 1.84. The third-order valence-corrected chi connectivity index (χ3v) is 4.67. The van der Waals surface area contributed by atoms with Crippen LogP contribution in [0.5, 0.6) is 0 Å². The van der Waals surface area contributed by atoms with Gasteiger partial charge in [0.05, 0.1) is 0 Å². The third-order valence-electron chi connectivity index (χ3n) is 4.67. The van der Waals surface area contributed by atoms with Crippen molar-refractivity contribution in [2.75, 3.05) is 6.54 Å². The molecule has 1 saturated carbocycles. The SMILES string of the molecule is CCNC(c1ccc(C)c(F)c1)C1CC(C)CC(C)C1. The summed E-state index contributed by atoms with van der Waals surface area (Å²) >= 11 is 0. The highest BCUT2D eigenvalue weighted by atomic mass is 19.1. The maximum absolute atomic E-state index is 13.9. The Bertz CT molecular complexity index is 433. The fourth-order valence-electron chi connectivity index (χ4n) is 3.86. The van der Waals surface area contributed by atoms with Crippen molar-refractivity contribution >= 4 is 0 Å². The first kappa shape index (κ1) is 15.5. The zero-order chi connectivity index (χ0) is 14.7. The van der Waals surface area contributed by atoms with Gasteiger partial charge in [-0.1, -0.05) is 32.9 Å². The Labute approximate surface area is 123 Å². The van der Waals surface area contributed by atoms with Crippen LogP contribution in [0.3, 0.4) is 0 Å². The summed E-state index contributed by atoms with van der Waals surface area (Å²) in [7, 11) is 0. The smallest absolute Gasteiger partial charge is 0.126 e. The highest BCUT2D eigenvalue weighted by molar-refractivity contribution is 5.26. The number of hydrogen-bond donors (Lipinski definition) is 1. The van der Waals surface area contributed by atoms with Crippen molar-refractivity contribution in [1.29, 1.82) is 0 Å². The Morgan fingerprint density at radius 2 is 1.85 bits per heavy atom. The molecule has 3 unspecified atom stereocenters. The molecule has 0 heterocycles. The van der Waals surface area contributed by atoms with Crippen molar-refractivity contribution in [2.24, 2.45) is 17.8 Å². The van der Waals surface area contributed by atoms with Gasteiger partial charge in [-0.3, -0.25) is 0 Å². The van der Waals surface area contributed by atoms with E-state index in [1.54, 1.807) is 6.07 Å². The first-order chi connectivity index (χ1) is 9.51. The summed E-state index contributed by atoms with van der Waals surface area (Å²) in [6.45, 7) is 9.58. The molecule has 0 saturated heterocycles. The number of benzene rings is 1. The fourth-order valence-corrected chi connectivity index (χ4v) is 3.86. The molecule has 3 atom stereocenters. The lowest BCUT2D eigenvalue weighted by Crippen LogP contribution is -2.33. The first-order valence-electron chi connectivity index (χ1n) is 8.00. The van der Waals surface area contributed by atoms with E-state index in [0.29, 0.717) is 12.0 Å². The van der Waals surface area contributed by atoms with E-state index in [1.807, 2.05) is 13.0 Å². The standard InChI is InChI=1S/C18H28FN/c1-5-20-18(15-7-6-14(4)17(19)11-15)16-9-12(2)8-13(3)10-16/h6-7,11-13,16,18,20H,5,8-10H2,1-4H3. The van der Waals surface area contributed by atoms with Crippen LogP contribution in [0.25, 0.3) is 0 Å². The van der Waals surface area contributed by atoms with Gasteiger partial charge in [0, 0.05) is 6.04 Å². The summed E-state index contributed by atoms with van der Waals surface area (Å²) in [4.78, 5) is 0. The quantitative estimate of drug-likeness (QED) is 0.829. The van der Waals surface area contributed by atoms with Crippen LogP contribution in [0.4, 0.5) is 4.39 Å². The van der Waals surface area contributed by atoms with E-state index in [1.165, 1.54) is 19.3 Å². The number of halogens is 1. The molecule has 20 heavy (non-hydrogen) atoms. The van der Waals surface area contributed by atoms with Crippen molar-refractivity contribution in [3.05, 3.63) is 35.1 Å². The normalized spacial score (nSPS) is 28.4. The van der Waals surface area contributed by atoms with Gasteiger partial charge in [0.1, 0.15) is 5.82 Å². The first-order valence-corrected chi connectivity index (χ1v) is 8.00. The van der Waals surface area contributed by atoms with Crippen LogP contribution in [-0.4, -0.2) is 6.54 Å². The second kappa shape index (κ2) is 6.71. The lowest BCUT2D eigenvalue weighted by atomic mass is 9.72. The highest BCUT2D eigenvalue weighted by Crippen LogP contribution is 2.40. The average molecular weight is 277 g/mol. The molecule has 0 aliphatic heterocycles. The molecule has 2 rings (SSSR count). The van der Waals surface area contributed by atoms with E-state index >= 15 is 0 Å². The van der Waals surface area contributed by atoms with Crippen molar-refractivity contribution in [1.82, 2.24) is 5.32 Å². The Hall–Kier alpha value is -0.890. The van der Waals surface area contributed by atoms with Crippen molar-refractivity contribution in [3.63, 3.8) is 0 Å². The predicted molar refractivity (Wildman–Crippen MR) is 83.2 cm³/mol. The lowest BCUT2D eigenvalue weighted by Gasteiger charge is -2.37. The van der Waals surface area contributed by atoms with E-state index in [0.717, 1.165) is 29.5 Å². The minimum absolute atomic E-state index is 0.0812. The maximum atomic E-state index is 13.9. The Kier molecular flexibility index (Phi) is 5.20. The zero-order valence-corrected chi connectivity index (χ0v) is 13.2. The van der Waals surface area contributed by atoms with Crippen molar-refractivity contribution in [2.45, 2.75) is 53.0 Å². The average Bonchev–Trinajstić information content (AvgIpc) is 2.38. The monoisotopic (exact) mass is 277 g/mol. The van der Waals surface area contributed by atoms with Crippen LogP contribution in [0.15, 0.2) is 18.2 Å². The summed E-state index contributed by atoms with van der Waals surface area (Å²) < 4.78 is 13.9. The molecule has 1 N–H and O–H groups in total. The van der Waals surface area contributed by atoms with Crippen LogP contribution in [0, 0.1) is 30.5 Å². The number of hydrogen-bond acceptors (Lipinski definition) is 1. The second-order valence-electron chi connectivity index (χ2n) is 6.72. The molecule has 1 aliphatic rings. The molecule has 0 bridgehead atoms. The minimum atomic E-state index is -0.0812. The van der Waals surface area contributed by atoms with Crippen LogP contribution in [0.1, 0.15) is 57.2 Å². The van der Waals surface area contributed by atoms with E-state index in [4.69, 9.17) is 0 Å². The molecule has 0 radical (unpaired) electrons. The molecule has 1 nitrogen and oxygen atoms in total. The molecular formula is C18H28FN. The van der Waals surface area contributed by atoms with Gasteiger partial charge in [0.15, 0.2) is 0 Å². The van der Waals surface area contributed by atoms with Gasteiger partial charge in [-0.25, -0.2) is 4.39 Å². The number of rotatable bonds is 4. The molecule has 1 aromatic rings. The largest absolute Gasteiger partial charge is 0.310 e. The van der Waals surface area contributed by atoms with Crippen LogP contribution >= 0.6 is 0 Å². The summed E-state index contributed by atoms with van der Waals surface area (Å²) in [5.74, 6) is 2.10. The van der Waals surface area contributed by atoms with Gasteiger partial charge in [0.25, 0.3) is 0 Å². The van der Waals surface area contributed by atoms with Gasteiger partial charge in [-0.05, 0) is 67.7 Å². The molecule has 1 aliphatic carbocycles. The predicted octanol–water partition coefficient (Wildman–Crippen LogP) is 4.86. The van der Waals surface area contributed by atoms with Gasteiger partial charge in [-0.2, -0.15) is 0 Å². The second-order valence-corrected chi connectivity index (χ2v) is 6.72. The molecule has 2 heteroatoms. The highest BCUT2D eigenvalue weighted by Gasteiger charge is 2.30. The van der Waals surface area contributed by atoms with Crippen molar-refractivity contribution in [3.8, 4) is 0 Å². The Morgan fingerprint density at radius 1 is 1.20 bits per heavy atom. The molecule has 0 aromatic heterocycles. The minimum Gasteiger partial charge on any atom is -0.310 e. The third kappa shape index (κ3) is 3.60. The molecular weight excluding hydrogens is 249 g/mol. The molecule has 1 fully saturated rings. The molecule has 0 amide bonds. The van der Waals surface area contributed by atoms with E-state index in [-0.39, 0.29) is 5.82 Å². The molecule has 112 valence electrons. The number of nitrogens with one attached hydrogen (secondary N) is 1. The Morgan fingerprint density at radius 3 is 2.40 bits per heavy atom. The topological polar surface area (TPSA) is 12.0 Å². The van der Waals surface area contributed by atoms with E-state index in [2.05, 4.69) is 32.2 Å². The summed E-state index contributed by atoms with van der Waals surface area (Å²) in [6.07, 6.45) is 3.83.